The number of hydrogen-bond donors (Lipinski definition) is 0. The second-order valence-corrected chi connectivity index (χ2v) is 6.20. The van der Waals surface area contributed by atoms with Crippen LogP contribution in [0.5, 0.6) is 0 Å². The molecule has 3 nitrogen and oxygen atoms in total. The third-order valence-corrected chi connectivity index (χ3v) is 5.12. The Hall–Kier alpha value is -0.710. The lowest BCUT2D eigenvalue weighted by Crippen LogP contribution is -2.35. The van der Waals surface area contributed by atoms with E-state index < -0.39 is 11.3 Å². The van der Waals surface area contributed by atoms with Gasteiger partial charge >= 0.3 is 0 Å². The van der Waals surface area contributed by atoms with E-state index in [-0.39, 0.29) is 6.10 Å². The minimum Gasteiger partial charge on any atom is -0.268 e. The topological polar surface area (TPSA) is 29.5 Å². The molecule has 0 bridgehead atoms. The molecule has 4 heteroatoms. The highest BCUT2D eigenvalue weighted by molar-refractivity contribution is 7.78. The predicted molar refractivity (Wildman–Crippen MR) is 72.0 cm³/mol. The molecule has 1 heterocycles. The Labute approximate surface area is 111 Å². The Bertz CT molecular complexity index is 417. The maximum Gasteiger partial charge on any atom is 0.238 e. The summed E-state index contributed by atoms with van der Waals surface area (Å²) in [4.78, 5) is 0. The molecule has 2 fully saturated rings. The van der Waals surface area contributed by atoms with E-state index in [0.29, 0.717) is 6.04 Å². The Morgan fingerprint density at radius 3 is 2.56 bits per heavy atom. The summed E-state index contributed by atoms with van der Waals surface area (Å²) >= 11 is -1.26. The van der Waals surface area contributed by atoms with Crippen LogP contribution in [-0.4, -0.2) is 21.1 Å². The van der Waals surface area contributed by atoms with Crippen LogP contribution >= 0.6 is 0 Å². The third-order valence-electron chi connectivity index (χ3n) is 3.89. The van der Waals surface area contributed by atoms with Crippen molar-refractivity contribution in [3.05, 3.63) is 35.9 Å². The molecule has 18 heavy (non-hydrogen) atoms. The zero-order valence-corrected chi connectivity index (χ0v) is 11.3. The first-order valence-corrected chi connectivity index (χ1v) is 7.78. The number of hydrogen-bond acceptors (Lipinski definition) is 2. The van der Waals surface area contributed by atoms with Gasteiger partial charge in [0.05, 0.1) is 0 Å². The van der Waals surface area contributed by atoms with Crippen LogP contribution < -0.4 is 0 Å². The molecule has 1 saturated heterocycles. The standard InChI is InChI=1S/C14H19NO2S/c16-18-15(13-9-5-2-6-10-13)11-14(17-18)12-7-3-1-4-8-12/h1,3-4,7-8,13-14H,2,5-6,9-11H2/t14-,18+/m1/s1. The highest BCUT2D eigenvalue weighted by Gasteiger charge is 2.36. The van der Waals surface area contributed by atoms with Crippen LogP contribution in [0.25, 0.3) is 0 Å². The van der Waals surface area contributed by atoms with E-state index in [2.05, 4.69) is 4.31 Å². The molecule has 0 N–H and O–H groups in total. The second kappa shape index (κ2) is 5.51. The summed E-state index contributed by atoms with van der Waals surface area (Å²) in [5, 5.41) is 0. The summed E-state index contributed by atoms with van der Waals surface area (Å²) in [5.74, 6) is 0. The normalized spacial score (nSPS) is 30.7. The van der Waals surface area contributed by atoms with Crippen molar-refractivity contribution >= 4 is 11.3 Å². The molecule has 0 unspecified atom stereocenters. The number of rotatable bonds is 2. The first-order valence-electron chi connectivity index (χ1n) is 6.75. The van der Waals surface area contributed by atoms with Gasteiger partial charge in [-0.05, 0) is 18.4 Å². The highest BCUT2D eigenvalue weighted by Crippen LogP contribution is 2.33. The molecule has 1 aliphatic heterocycles. The van der Waals surface area contributed by atoms with E-state index in [9.17, 15) is 4.21 Å². The molecule has 3 rings (SSSR count). The summed E-state index contributed by atoms with van der Waals surface area (Å²) in [6.07, 6.45) is 6.13. The molecule has 0 amide bonds. The molecular weight excluding hydrogens is 246 g/mol. The van der Waals surface area contributed by atoms with Crippen molar-refractivity contribution < 1.29 is 8.39 Å². The average molecular weight is 265 g/mol. The maximum absolute atomic E-state index is 12.1. The summed E-state index contributed by atoms with van der Waals surface area (Å²) in [5.41, 5.74) is 1.13. The van der Waals surface area contributed by atoms with Gasteiger partial charge in [-0.15, -0.1) is 0 Å². The molecule has 0 spiro atoms. The fourth-order valence-corrected chi connectivity index (χ4v) is 4.07. The second-order valence-electron chi connectivity index (χ2n) is 5.10. The van der Waals surface area contributed by atoms with Gasteiger partial charge in [-0.1, -0.05) is 49.6 Å². The minimum absolute atomic E-state index is 0.0334. The lowest BCUT2D eigenvalue weighted by molar-refractivity contribution is 0.234. The van der Waals surface area contributed by atoms with E-state index in [4.69, 9.17) is 4.18 Å². The predicted octanol–water partition coefficient (Wildman–Crippen LogP) is 2.97. The zero-order valence-electron chi connectivity index (χ0n) is 10.5. The molecule has 1 aromatic carbocycles. The van der Waals surface area contributed by atoms with Crippen molar-refractivity contribution in [1.29, 1.82) is 0 Å². The molecule has 0 aromatic heterocycles. The Morgan fingerprint density at radius 2 is 1.83 bits per heavy atom. The first-order chi connectivity index (χ1) is 8.84. The molecule has 0 radical (unpaired) electrons. The van der Waals surface area contributed by atoms with Crippen molar-refractivity contribution in [2.24, 2.45) is 0 Å². The van der Waals surface area contributed by atoms with Gasteiger partial charge in [0.2, 0.25) is 11.3 Å². The molecule has 1 saturated carbocycles. The van der Waals surface area contributed by atoms with E-state index >= 15 is 0 Å². The first kappa shape index (κ1) is 12.3. The van der Waals surface area contributed by atoms with Crippen molar-refractivity contribution in [1.82, 2.24) is 4.31 Å². The minimum atomic E-state index is -1.26. The van der Waals surface area contributed by atoms with Crippen molar-refractivity contribution in [2.75, 3.05) is 6.54 Å². The van der Waals surface area contributed by atoms with Crippen LogP contribution in [0.3, 0.4) is 0 Å². The van der Waals surface area contributed by atoms with Gasteiger partial charge in [0.1, 0.15) is 6.10 Å². The number of nitrogens with zero attached hydrogens (tertiary/aromatic N) is 1. The van der Waals surface area contributed by atoms with Crippen LogP contribution in [-0.2, 0) is 15.4 Å². The van der Waals surface area contributed by atoms with Crippen LogP contribution in [0.4, 0.5) is 0 Å². The van der Waals surface area contributed by atoms with Crippen LogP contribution in [0.1, 0.15) is 43.8 Å². The SMILES string of the molecule is O=[S@]1O[C@@H](c2ccccc2)CN1C1CCCCC1. The van der Waals surface area contributed by atoms with Gasteiger partial charge in [-0.3, -0.25) is 4.18 Å². The summed E-state index contributed by atoms with van der Waals surface area (Å²) in [7, 11) is 0. The van der Waals surface area contributed by atoms with E-state index in [0.717, 1.165) is 24.9 Å². The molecule has 2 atom stereocenters. The zero-order chi connectivity index (χ0) is 12.4. The lowest BCUT2D eigenvalue weighted by Gasteiger charge is -2.27. The van der Waals surface area contributed by atoms with Gasteiger partial charge in [0.25, 0.3) is 0 Å². The highest BCUT2D eigenvalue weighted by atomic mass is 32.2. The molecule has 1 aliphatic carbocycles. The maximum atomic E-state index is 12.1. The monoisotopic (exact) mass is 265 g/mol. The Morgan fingerprint density at radius 1 is 1.11 bits per heavy atom. The average Bonchev–Trinajstić information content (AvgIpc) is 2.83. The summed E-state index contributed by atoms with van der Waals surface area (Å²) < 4.78 is 19.7. The third kappa shape index (κ3) is 2.51. The van der Waals surface area contributed by atoms with Crippen LogP contribution in [0.15, 0.2) is 30.3 Å². The Balaban J connectivity index is 1.70. The van der Waals surface area contributed by atoms with Crippen molar-refractivity contribution in [3.8, 4) is 0 Å². The van der Waals surface area contributed by atoms with Gasteiger partial charge in [-0.2, -0.15) is 4.31 Å². The van der Waals surface area contributed by atoms with Gasteiger partial charge in [0.15, 0.2) is 0 Å². The van der Waals surface area contributed by atoms with Crippen molar-refractivity contribution in [3.63, 3.8) is 0 Å². The molecule has 98 valence electrons. The smallest absolute Gasteiger partial charge is 0.238 e. The van der Waals surface area contributed by atoms with E-state index in [1.807, 2.05) is 30.3 Å². The van der Waals surface area contributed by atoms with E-state index in [1.54, 1.807) is 0 Å². The summed E-state index contributed by atoms with van der Waals surface area (Å²) in [6.45, 7) is 0.765. The quantitative estimate of drug-likeness (QED) is 0.822. The molecule has 2 aliphatic rings. The van der Waals surface area contributed by atoms with Crippen LogP contribution in [0, 0.1) is 0 Å². The van der Waals surface area contributed by atoms with Crippen molar-refractivity contribution in [2.45, 2.75) is 44.2 Å². The van der Waals surface area contributed by atoms with E-state index in [1.165, 1.54) is 19.3 Å². The number of benzene rings is 1. The summed E-state index contributed by atoms with van der Waals surface area (Å²) in [6, 6.07) is 10.6. The van der Waals surface area contributed by atoms with Gasteiger partial charge in [0, 0.05) is 12.6 Å². The van der Waals surface area contributed by atoms with Crippen LogP contribution in [0.2, 0.25) is 0 Å². The lowest BCUT2D eigenvalue weighted by atomic mass is 9.95. The fraction of sp³-hybridized carbons (Fsp3) is 0.571. The van der Waals surface area contributed by atoms with Gasteiger partial charge < -0.3 is 0 Å². The molecular formula is C14H19NO2S. The largest absolute Gasteiger partial charge is 0.268 e. The molecule has 1 aromatic rings. The fourth-order valence-electron chi connectivity index (χ4n) is 2.88. The van der Waals surface area contributed by atoms with Gasteiger partial charge in [-0.25, -0.2) is 4.21 Å². The Kier molecular flexibility index (Phi) is 3.77.